The van der Waals surface area contributed by atoms with Gasteiger partial charge in [0.25, 0.3) is 0 Å². The Labute approximate surface area is 112 Å². The molecule has 1 unspecified atom stereocenters. The van der Waals surface area contributed by atoms with Crippen LogP contribution in [0, 0.1) is 19.8 Å². The molecule has 0 heterocycles. The van der Waals surface area contributed by atoms with Crippen molar-refractivity contribution in [3.05, 3.63) is 29.3 Å². The summed E-state index contributed by atoms with van der Waals surface area (Å²) < 4.78 is 0. The molecule has 18 heavy (non-hydrogen) atoms. The molecular formula is C16H28N2. The maximum Gasteiger partial charge on any atom is 0.0368 e. The molecule has 0 amide bonds. The largest absolute Gasteiger partial charge is 0.375 e. The van der Waals surface area contributed by atoms with Gasteiger partial charge in [-0.2, -0.15) is 0 Å². The number of nitrogens with two attached hydrogens (primary N) is 1. The van der Waals surface area contributed by atoms with E-state index < -0.39 is 0 Å². The maximum absolute atomic E-state index is 5.57. The minimum Gasteiger partial charge on any atom is -0.375 e. The van der Waals surface area contributed by atoms with Crippen molar-refractivity contribution < 1.29 is 0 Å². The zero-order valence-electron chi connectivity index (χ0n) is 12.4. The van der Waals surface area contributed by atoms with E-state index in [4.69, 9.17) is 5.73 Å². The average molecular weight is 248 g/mol. The molecule has 2 heteroatoms. The molecule has 0 radical (unpaired) electrons. The summed E-state index contributed by atoms with van der Waals surface area (Å²) in [6.45, 7) is 8.55. The molecule has 1 rings (SSSR count). The molecule has 0 spiro atoms. The highest BCUT2D eigenvalue weighted by molar-refractivity contribution is 5.50. The maximum atomic E-state index is 5.57. The second-order valence-electron chi connectivity index (χ2n) is 5.59. The Morgan fingerprint density at radius 1 is 1.11 bits per heavy atom. The molecule has 2 N–H and O–H groups in total. The van der Waals surface area contributed by atoms with Crippen LogP contribution < -0.4 is 10.6 Å². The van der Waals surface area contributed by atoms with E-state index in [0.717, 1.165) is 25.4 Å². The molecule has 0 saturated heterocycles. The van der Waals surface area contributed by atoms with Crippen molar-refractivity contribution in [3.63, 3.8) is 0 Å². The molecule has 2 nitrogen and oxygen atoms in total. The molecule has 1 aromatic carbocycles. The summed E-state index contributed by atoms with van der Waals surface area (Å²) in [6.07, 6.45) is 3.66. The summed E-state index contributed by atoms with van der Waals surface area (Å²) in [5.41, 5.74) is 9.59. The van der Waals surface area contributed by atoms with E-state index in [1.807, 2.05) is 0 Å². The Kier molecular flexibility index (Phi) is 6.20. The predicted octanol–water partition coefficient (Wildman–Crippen LogP) is 3.50. The van der Waals surface area contributed by atoms with Gasteiger partial charge < -0.3 is 10.6 Å². The van der Waals surface area contributed by atoms with E-state index in [1.165, 1.54) is 29.7 Å². The molecule has 0 aromatic heterocycles. The minimum atomic E-state index is 0.752. The first-order valence-electron chi connectivity index (χ1n) is 7.02. The fourth-order valence-electron chi connectivity index (χ4n) is 2.41. The van der Waals surface area contributed by atoms with Gasteiger partial charge >= 0.3 is 0 Å². The minimum absolute atomic E-state index is 0.752. The lowest BCUT2D eigenvalue weighted by Gasteiger charge is -2.21. The van der Waals surface area contributed by atoms with Crippen LogP contribution in [0.5, 0.6) is 0 Å². The molecular weight excluding hydrogens is 220 g/mol. The highest BCUT2D eigenvalue weighted by Crippen LogP contribution is 2.18. The molecule has 0 saturated carbocycles. The van der Waals surface area contributed by atoms with Crippen LogP contribution in [0.1, 0.15) is 37.3 Å². The molecule has 102 valence electrons. The normalized spacial score (nSPS) is 12.5. The molecule has 0 bridgehead atoms. The third-order valence-electron chi connectivity index (χ3n) is 3.50. The van der Waals surface area contributed by atoms with Gasteiger partial charge in [0.2, 0.25) is 0 Å². The number of rotatable bonds is 7. The van der Waals surface area contributed by atoms with Gasteiger partial charge in [0, 0.05) is 19.3 Å². The van der Waals surface area contributed by atoms with Gasteiger partial charge in [-0.15, -0.1) is 0 Å². The lowest BCUT2D eigenvalue weighted by atomic mass is 10.0. The van der Waals surface area contributed by atoms with E-state index in [-0.39, 0.29) is 0 Å². The van der Waals surface area contributed by atoms with Crippen LogP contribution >= 0.6 is 0 Å². The van der Waals surface area contributed by atoms with Crippen molar-refractivity contribution in [3.8, 4) is 0 Å². The fourth-order valence-corrected chi connectivity index (χ4v) is 2.41. The zero-order valence-corrected chi connectivity index (χ0v) is 12.4. The highest BCUT2D eigenvalue weighted by atomic mass is 15.1. The quantitative estimate of drug-likeness (QED) is 0.800. The van der Waals surface area contributed by atoms with Crippen LogP contribution in [-0.4, -0.2) is 20.1 Å². The fraction of sp³-hybridized carbons (Fsp3) is 0.625. The first-order valence-corrected chi connectivity index (χ1v) is 7.02. The molecule has 0 aliphatic heterocycles. The monoisotopic (exact) mass is 248 g/mol. The number of benzene rings is 1. The summed E-state index contributed by atoms with van der Waals surface area (Å²) in [4.78, 5) is 2.36. The van der Waals surface area contributed by atoms with Crippen LogP contribution in [0.2, 0.25) is 0 Å². The molecule has 0 aliphatic carbocycles. The predicted molar refractivity (Wildman–Crippen MR) is 81.3 cm³/mol. The standard InChI is InChI=1S/C16H28N2/c1-13(7-8-17)6-5-9-18(4)16-11-14(2)10-15(3)12-16/h10-13H,5-9,17H2,1-4H3. The van der Waals surface area contributed by atoms with E-state index >= 15 is 0 Å². The van der Waals surface area contributed by atoms with Gasteiger partial charge in [-0.25, -0.2) is 0 Å². The summed E-state index contributed by atoms with van der Waals surface area (Å²) >= 11 is 0. The average Bonchev–Trinajstić information content (AvgIpc) is 2.27. The number of aryl methyl sites for hydroxylation is 2. The number of hydrogen-bond donors (Lipinski definition) is 1. The van der Waals surface area contributed by atoms with Crippen molar-refractivity contribution in [2.75, 3.05) is 25.0 Å². The summed E-state index contributed by atoms with van der Waals surface area (Å²) in [5, 5.41) is 0. The Morgan fingerprint density at radius 3 is 2.28 bits per heavy atom. The smallest absolute Gasteiger partial charge is 0.0368 e. The van der Waals surface area contributed by atoms with E-state index in [0.29, 0.717) is 0 Å². The Bertz CT molecular complexity index is 340. The lowest BCUT2D eigenvalue weighted by molar-refractivity contribution is 0.482. The van der Waals surface area contributed by atoms with Crippen molar-refractivity contribution >= 4 is 5.69 Å². The zero-order chi connectivity index (χ0) is 13.5. The van der Waals surface area contributed by atoms with Gasteiger partial charge in [-0.3, -0.25) is 0 Å². The van der Waals surface area contributed by atoms with Crippen LogP contribution in [0.4, 0.5) is 5.69 Å². The first-order chi connectivity index (χ1) is 8.52. The van der Waals surface area contributed by atoms with Gasteiger partial charge in [-0.1, -0.05) is 13.0 Å². The van der Waals surface area contributed by atoms with E-state index in [9.17, 15) is 0 Å². The Hall–Kier alpha value is -1.02. The first kappa shape index (κ1) is 15.0. The molecule has 1 atom stereocenters. The SMILES string of the molecule is Cc1cc(C)cc(N(C)CCCC(C)CCN)c1. The van der Waals surface area contributed by atoms with E-state index in [2.05, 4.69) is 50.9 Å². The summed E-state index contributed by atoms with van der Waals surface area (Å²) in [6, 6.07) is 6.74. The third-order valence-corrected chi connectivity index (χ3v) is 3.50. The van der Waals surface area contributed by atoms with Crippen molar-refractivity contribution in [1.29, 1.82) is 0 Å². The van der Waals surface area contributed by atoms with Crippen molar-refractivity contribution in [2.24, 2.45) is 11.7 Å². The summed E-state index contributed by atoms with van der Waals surface area (Å²) in [5.74, 6) is 0.752. The highest BCUT2D eigenvalue weighted by Gasteiger charge is 2.04. The number of anilines is 1. The molecule has 0 aliphatic rings. The van der Waals surface area contributed by atoms with Crippen LogP contribution in [0.3, 0.4) is 0 Å². The van der Waals surface area contributed by atoms with Gasteiger partial charge in [0.1, 0.15) is 0 Å². The van der Waals surface area contributed by atoms with Gasteiger partial charge in [-0.05, 0) is 68.8 Å². The van der Waals surface area contributed by atoms with E-state index in [1.54, 1.807) is 0 Å². The number of nitrogens with zero attached hydrogens (tertiary/aromatic N) is 1. The van der Waals surface area contributed by atoms with Crippen molar-refractivity contribution in [2.45, 2.75) is 40.0 Å². The second-order valence-corrected chi connectivity index (χ2v) is 5.59. The molecule has 0 fully saturated rings. The van der Waals surface area contributed by atoms with Gasteiger partial charge in [0.15, 0.2) is 0 Å². The van der Waals surface area contributed by atoms with Gasteiger partial charge in [0.05, 0.1) is 0 Å². The van der Waals surface area contributed by atoms with Crippen molar-refractivity contribution in [1.82, 2.24) is 0 Å². The Balaban J connectivity index is 2.42. The number of hydrogen-bond acceptors (Lipinski definition) is 2. The molecule has 1 aromatic rings. The van der Waals surface area contributed by atoms with Crippen LogP contribution in [0.15, 0.2) is 18.2 Å². The Morgan fingerprint density at radius 2 is 1.72 bits per heavy atom. The van der Waals surface area contributed by atoms with Crippen LogP contribution in [0.25, 0.3) is 0 Å². The topological polar surface area (TPSA) is 29.3 Å². The third kappa shape index (κ3) is 5.09. The lowest BCUT2D eigenvalue weighted by Crippen LogP contribution is -2.19. The summed E-state index contributed by atoms with van der Waals surface area (Å²) in [7, 11) is 2.18. The van der Waals surface area contributed by atoms with Crippen LogP contribution in [-0.2, 0) is 0 Å². The second kappa shape index (κ2) is 7.42.